The molecule has 1 amide bonds. The number of aromatic nitrogens is 2. The van der Waals surface area contributed by atoms with E-state index in [9.17, 15) is 4.79 Å². The molecule has 0 saturated carbocycles. The van der Waals surface area contributed by atoms with Crippen molar-refractivity contribution in [3.8, 4) is 5.75 Å². The SMILES string of the molecule is CCOc1ccc(CN(C)C(=O)c2n[nH]c3ccccc23)cc1. The van der Waals surface area contributed by atoms with Crippen molar-refractivity contribution in [3.63, 3.8) is 0 Å². The Balaban J connectivity index is 1.74. The Hall–Kier alpha value is -2.82. The number of fused-ring (bicyclic) bond motifs is 1. The summed E-state index contributed by atoms with van der Waals surface area (Å²) >= 11 is 0. The van der Waals surface area contributed by atoms with Crippen molar-refractivity contribution in [1.29, 1.82) is 0 Å². The van der Waals surface area contributed by atoms with Crippen molar-refractivity contribution < 1.29 is 9.53 Å². The van der Waals surface area contributed by atoms with Crippen LogP contribution < -0.4 is 4.74 Å². The Kier molecular flexibility index (Phi) is 4.28. The van der Waals surface area contributed by atoms with Crippen molar-refractivity contribution in [2.75, 3.05) is 13.7 Å². The lowest BCUT2D eigenvalue weighted by atomic mass is 10.1. The molecule has 0 aliphatic rings. The monoisotopic (exact) mass is 309 g/mol. The number of para-hydroxylation sites is 1. The molecule has 118 valence electrons. The zero-order valence-electron chi connectivity index (χ0n) is 13.2. The van der Waals surface area contributed by atoms with Gasteiger partial charge >= 0.3 is 0 Å². The predicted octanol–water partition coefficient (Wildman–Crippen LogP) is 3.23. The molecular weight excluding hydrogens is 290 g/mol. The minimum atomic E-state index is -0.101. The van der Waals surface area contributed by atoms with Gasteiger partial charge in [-0.1, -0.05) is 30.3 Å². The van der Waals surface area contributed by atoms with Gasteiger partial charge in [-0.15, -0.1) is 0 Å². The van der Waals surface area contributed by atoms with Crippen LogP contribution >= 0.6 is 0 Å². The lowest BCUT2D eigenvalue weighted by Gasteiger charge is -2.16. The fourth-order valence-electron chi connectivity index (χ4n) is 2.51. The minimum Gasteiger partial charge on any atom is -0.494 e. The number of carbonyl (C=O) groups is 1. The summed E-state index contributed by atoms with van der Waals surface area (Å²) < 4.78 is 5.43. The normalized spacial score (nSPS) is 10.7. The van der Waals surface area contributed by atoms with E-state index in [0.717, 1.165) is 22.2 Å². The van der Waals surface area contributed by atoms with E-state index in [1.165, 1.54) is 0 Å². The van der Waals surface area contributed by atoms with Crippen LogP contribution in [0.3, 0.4) is 0 Å². The molecule has 23 heavy (non-hydrogen) atoms. The molecule has 0 aliphatic carbocycles. The first-order valence-electron chi connectivity index (χ1n) is 7.59. The van der Waals surface area contributed by atoms with Crippen molar-refractivity contribution in [2.45, 2.75) is 13.5 Å². The molecule has 5 heteroatoms. The quantitative estimate of drug-likeness (QED) is 0.787. The molecule has 1 heterocycles. The number of hydrogen-bond acceptors (Lipinski definition) is 3. The highest BCUT2D eigenvalue weighted by molar-refractivity contribution is 6.04. The summed E-state index contributed by atoms with van der Waals surface area (Å²) in [7, 11) is 1.78. The maximum Gasteiger partial charge on any atom is 0.275 e. The number of nitrogens with zero attached hydrogens (tertiary/aromatic N) is 2. The second kappa shape index (κ2) is 6.52. The number of hydrogen-bond donors (Lipinski definition) is 1. The van der Waals surface area contributed by atoms with Gasteiger partial charge in [-0.25, -0.2) is 0 Å². The molecule has 3 rings (SSSR count). The summed E-state index contributed by atoms with van der Waals surface area (Å²) in [6, 6.07) is 15.4. The summed E-state index contributed by atoms with van der Waals surface area (Å²) in [5.41, 5.74) is 2.36. The Morgan fingerprint density at radius 3 is 2.65 bits per heavy atom. The standard InChI is InChI=1S/C18H19N3O2/c1-3-23-14-10-8-13(9-11-14)12-21(2)18(22)17-15-6-4-5-7-16(15)19-20-17/h4-11H,3,12H2,1-2H3,(H,19,20). The predicted molar refractivity (Wildman–Crippen MR) is 89.5 cm³/mol. The van der Waals surface area contributed by atoms with Gasteiger partial charge in [0.1, 0.15) is 5.75 Å². The number of amides is 1. The first-order valence-corrected chi connectivity index (χ1v) is 7.59. The first kappa shape index (κ1) is 15.1. The zero-order chi connectivity index (χ0) is 16.2. The van der Waals surface area contributed by atoms with Gasteiger partial charge in [-0.3, -0.25) is 9.89 Å². The summed E-state index contributed by atoms with van der Waals surface area (Å²) in [5, 5.41) is 7.90. The Morgan fingerprint density at radius 2 is 1.91 bits per heavy atom. The molecule has 0 saturated heterocycles. The average molecular weight is 309 g/mol. The van der Waals surface area contributed by atoms with Crippen LogP contribution in [0.2, 0.25) is 0 Å². The number of rotatable bonds is 5. The van der Waals surface area contributed by atoms with Crippen molar-refractivity contribution in [3.05, 3.63) is 59.8 Å². The minimum absolute atomic E-state index is 0.101. The second-order valence-corrected chi connectivity index (χ2v) is 5.36. The van der Waals surface area contributed by atoms with Crippen LogP contribution in [-0.4, -0.2) is 34.7 Å². The van der Waals surface area contributed by atoms with Gasteiger partial charge in [0.25, 0.3) is 5.91 Å². The smallest absolute Gasteiger partial charge is 0.275 e. The van der Waals surface area contributed by atoms with Gasteiger partial charge in [-0.05, 0) is 30.7 Å². The van der Waals surface area contributed by atoms with Gasteiger partial charge in [-0.2, -0.15) is 5.10 Å². The van der Waals surface area contributed by atoms with E-state index >= 15 is 0 Å². The van der Waals surface area contributed by atoms with Crippen LogP contribution in [0.1, 0.15) is 23.0 Å². The van der Waals surface area contributed by atoms with Crippen LogP contribution in [0.5, 0.6) is 5.75 Å². The topological polar surface area (TPSA) is 58.2 Å². The third-order valence-corrected chi connectivity index (χ3v) is 3.67. The maximum atomic E-state index is 12.6. The molecule has 0 bridgehead atoms. The van der Waals surface area contributed by atoms with E-state index in [2.05, 4.69) is 10.2 Å². The molecule has 5 nitrogen and oxygen atoms in total. The zero-order valence-corrected chi connectivity index (χ0v) is 13.2. The largest absolute Gasteiger partial charge is 0.494 e. The summed E-state index contributed by atoms with van der Waals surface area (Å²) in [5.74, 6) is 0.736. The van der Waals surface area contributed by atoms with Crippen LogP contribution in [0, 0.1) is 0 Å². The number of carbonyl (C=O) groups excluding carboxylic acids is 1. The number of benzene rings is 2. The summed E-state index contributed by atoms with van der Waals surface area (Å²) in [6.07, 6.45) is 0. The van der Waals surface area contributed by atoms with Gasteiger partial charge in [0, 0.05) is 19.0 Å². The summed E-state index contributed by atoms with van der Waals surface area (Å²) in [4.78, 5) is 14.3. The molecule has 0 spiro atoms. The van der Waals surface area contributed by atoms with Crippen LogP contribution in [0.4, 0.5) is 0 Å². The number of H-pyrrole nitrogens is 1. The number of aromatic amines is 1. The van der Waals surface area contributed by atoms with Crippen molar-refractivity contribution in [1.82, 2.24) is 15.1 Å². The molecule has 0 aliphatic heterocycles. The number of nitrogens with one attached hydrogen (secondary N) is 1. The Labute approximate surface area is 134 Å². The molecule has 0 fully saturated rings. The molecule has 0 atom stereocenters. The molecule has 1 N–H and O–H groups in total. The van der Waals surface area contributed by atoms with Gasteiger partial charge in [0.15, 0.2) is 5.69 Å². The highest BCUT2D eigenvalue weighted by atomic mass is 16.5. The van der Waals surface area contributed by atoms with E-state index in [-0.39, 0.29) is 5.91 Å². The van der Waals surface area contributed by atoms with Crippen LogP contribution in [-0.2, 0) is 6.54 Å². The highest BCUT2D eigenvalue weighted by Crippen LogP contribution is 2.18. The Morgan fingerprint density at radius 1 is 1.17 bits per heavy atom. The molecule has 3 aromatic rings. The molecule has 0 unspecified atom stereocenters. The highest BCUT2D eigenvalue weighted by Gasteiger charge is 2.18. The van der Waals surface area contributed by atoms with E-state index in [1.807, 2.05) is 55.5 Å². The van der Waals surface area contributed by atoms with E-state index in [4.69, 9.17) is 4.74 Å². The first-order chi connectivity index (χ1) is 11.2. The third-order valence-electron chi connectivity index (χ3n) is 3.67. The maximum absolute atomic E-state index is 12.6. The molecular formula is C18H19N3O2. The lowest BCUT2D eigenvalue weighted by molar-refractivity contribution is 0.0781. The fourth-order valence-corrected chi connectivity index (χ4v) is 2.51. The lowest BCUT2D eigenvalue weighted by Crippen LogP contribution is -2.26. The Bertz CT molecular complexity index is 809. The van der Waals surface area contributed by atoms with Gasteiger partial charge in [0.05, 0.1) is 12.1 Å². The van der Waals surface area contributed by atoms with Crippen LogP contribution in [0.25, 0.3) is 10.9 Å². The third kappa shape index (κ3) is 3.18. The average Bonchev–Trinajstić information content (AvgIpc) is 3.00. The van der Waals surface area contributed by atoms with E-state index < -0.39 is 0 Å². The van der Waals surface area contributed by atoms with Gasteiger partial charge < -0.3 is 9.64 Å². The van der Waals surface area contributed by atoms with Gasteiger partial charge in [0.2, 0.25) is 0 Å². The van der Waals surface area contributed by atoms with E-state index in [0.29, 0.717) is 18.8 Å². The molecule has 2 aromatic carbocycles. The van der Waals surface area contributed by atoms with Crippen molar-refractivity contribution >= 4 is 16.8 Å². The fraction of sp³-hybridized carbons (Fsp3) is 0.222. The van der Waals surface area contributed by atoms with Crippen LogP contribution in [0.15, 0.2) is 48.5 Å². The molecule has 1 aromatic heterocycles. The van der Waals surface area contributed by atoms with Crippen molar-refractivity contribution in [2.24, 2.45) is 0 Å². The number of ether oxygens (including phenoxy) is 1. The summed E-state index contributed by atoms with van der Waals surface area (Å²) in [6.45, 7) is 3.12. The second-order valence-electron chi connectivity index (χ2n) is 5.36. The molecule has 0 radical (unpaired) electrons. The van der Waals surface area contributed by atoms with E-state index in [1.54, 1.807) is 11.9 Å².